The van der Waals surface area contributed by atoms with Crippen molar-refractivity contribution in [2.24, 2.45) is 0 Å². The topological polar surface area (TPSA) is 307 Å². The van der Waals surface area contributed by atoms with E-state index in [0.717, 1.165) is 38.5 Å². The maximum atomic E-state index is 13.2. The predicted octanol–water partition coefficient (Wildman–Crippen LogP) is 5.93. The van der Waals surface area contributed by atoms with Gasteiger partial charge >= 0.3 is 0 Å². The molecule has 0 aliphatic carbocycles. The third-order valence-electron chi connectivity index (χ3n) is 15.8. The average molecular weight is 1130 g/mol. The minimum Gasteiger partial charge on any atom is -0.394 e. The SMILES string of the molecule is CCCCCCCCCCCCCCCCCCCCC/C=C/CC/C=C/C(O)C(COC1OC(CO)C(OC2OC(CO)C(OC3OC(CO)C(O)C(O)C3O)C(O)C2O)C(O)C1O)NC(=O)CCCCCCCCCCC. The molecule has 0 spiro atoms. The summed E-state index contributed by atoms with van der Waals surface area (Å²) in [4.78, 5) is 13.2. The van der Waals surface area contributed by atoms with Crippen molar-refractivity contribution in [1.82, 2.24) is 5.32 Å². The summed E-state index contributed by atoms with van der Waals surface area (Å²) in [6, 6.07) is -0.984. The highest BCUT2D eigenvalue weighted by atomic mass is 16.8. The zero-order valence-electron chi connectivity index (χ0n) is 48.4. The number of carbonyl (C=O) groups is 1. The Hall–Kier alpha value is -1.73. The van der Waals surface area contributed by atoms with Crippen molar-refractivity contribution in [1.29, 1.82) is 0 Å². The molecule has 3 fully saturated rings. The van der Waals surface area contributed by atoms with Crippen LogP contribution in [0.1, 0.15) is 219 Å². The van der Waals surface area contributed by atoms with Gasteiger partial charge in [0.15, 0.2) is 18.9 Å². The molecule has 19 heteroatoms. The Morgan fingerprint density at radius 3 is 1.27 bits per heavy atom. The van der Waals surface area contributed by atoms with E-state index in [9.17, 15) is 61.0 Å². The van der Waals surface area contributed by atoms with Gasteiger partial charge in [-0.3, -0.25) is 4.79 Å². The number of hydrogen-bond donors (Lipinski definition) is 12. The Morgan fingerprint density at radius 2 is 0.810 bits per heavy atom. The van der Waals surface area contributed by atoms with Gasteiger partial charge in [-0.1, -0.05) is 205 Å². The molecule has 3 aliphatic heterocycles. The molecule has 17 atom stereocenters. The summed E-state index contributed by atoms with van der Waals surface area (Å²) in [5.74, 6) is -0.288. The number of allylic oxidation sites excluding steroid dienone is 3. The second-order valence-corrected chi connectivity index (χ2v) is 22.5. The smallest absolute Gasteiger partial charge is 0.220 e. The fourth-order valence-electron chi connectivity index (χ4n) is 10.6. The average Bonchev–Trinajstić information content (AvgIpc) is 3.55. The lowest BCUT2D eigenvalue weighted by molar-refractivity contribution is -0.379. The number of aliphatic hydroxyl groups is 11. The number of hydrogen-bond acceptors (Lipinski definition) is 18. The minimum absolute atomic E-state index is 0.238. The van der Waals surface area contributed by atoms with Gasteiger partial charge in [0.1, 0.15) is 73.2 Å². The first-order chi connectivity index (χ1) is 38.3. The highest BCUT2D eigenvalue weighted by molar-refractivity contribution is 5.76. The number of nitrogens with one attached hydrogen (secondary N) is 1. The fourth-order valence-corrected chi connectivity index (χ4v) is 10.6. The maximum Gasteiger partial charge on any atom is 0.220 e. The van der Waals surface area contributed by atoms with Crippen LogP contribution in [0.5, 0.6) is 0 Å². The molecule has 3 saturated heterocycles. The van der Waals surface area contributed by atoms with Crippen LogP contribution in [0.4, 0.5) is 0 Å². The van der Waals surface area contributed by atoms with Gasteiger partial charge in [-0.2, -0.15) is 0 Å². The second-order valence-electron chi connectivity index (χ2n) is 22.5. The van der Waals surface area contributed by atoms with E-state index in [2.05, 4.69) is 31.3 Å². The van der Waals surface area contributed by atoms with Crippen molar-refractivity contribution < 1.29 is 89.4 Å². The summed E-state index contributed by atoms with van der Waals surface area (Å²) in [6.07, 6.45) is 19.1. The van der Waals surface area contributed by atoms with Crippen molar-refractivity contribution in [3.8, 4) is 0 Å². The summed E-state index contributed by atoms with van der Waals surface area (Å²) < 4.78 is 34.2. The first-order valence-corrected chi connectivity index (χ1v) is 31.1. The zero-order chi connectivity index (χ0) is 57.6. The fraction of sp³-hybridized carbons (Fsp3) is 0.917. The molecule has 0 radical (unpaired) electrons. The highest BCUT2D eigenvalue weighted by Gasteiger charge is 2.53. The van der Waals surface area contributed by atoms with Crippen LogP contribution >= 0.6 is 0 Å². The van der Waals surface area contributed by atoms with Gasteiger partial charge < -0.3 is 89.9 Å². The lowest BCUT2D eigenvalue weighted by Gasteiger charge is -2.48. The van der Waals surface area contributed by atoms with Gasteiger partial charge in [0, 0.05) is 6.42 Å². The molecule has 12 N–H and O–H groups in total. The summed E-state index contributed by atoms with van der Waals surface area (Å²) >= 11 is 0. The molecular formula is C60H111NO18. The summed E-state index contributed by atoms with van der Waals surface area (Å²) in [6.45, 7) is 1.68. The lowest BCUT2D eigenvalue weighted by Crippen LogP contribution is -2.66. The van der Waals surface area contributed by atoms with Crippen LogP contribution in [0, 0.1) is 0 Å². The first-order valence-electron chi connectivity index (χ1n) is 31.1. The van der Waals surface area contributed by atoms with E-state index in [1.807, 2.05) is 6.08 Å². The molecule has 3 rings (SSSR count). The Kier molecular flexibility index (Phi) is 39.7. The normalized spacial score (nSPS) is 30.4. The molecule has 19 nitrogen and oxygen atoms in total. The van der Waals surface area contributed by atoms with Crippen LogP contribution in [0.3, 0.4) is 0 Å². The predicted molar refractivity (Wildman–Crippen MR) is 300 cm³/mol. The molecule has 0 aromatic heterocycles. The van der Waals surface area contributed by atoms with Crippen molar-refractivity contribution in [3.63, 3.8) is 0 Å². The van der Waals surface area contributed by atoms with E-state index in [1.54, 1.807) is 6.08 Å². The van der Waals surface area contributed by atoms with Gasteiger partial charge in [-0.25, -0.2) is 0 Å². The van der Waals surface area contributed by atoms with E-state index < -0.39 is 124 Å². The van der Waals surface area contributed by atoms with Crippen LogP contribution in [0.25, 0.3) is 0 Å². The number of rotatable bonds is 46. The molecule has 0 aromatic carbocycles. The summed E-state index contributed by atoms with van der Waals surface area (Å²) in [5, 5.41) is 120. The number of carbonyl (C=O) groups excluding carboxylic acids is 1. The zero-order valence-corrected chi connectivity index (χ0v) is 48.4. The first kappa shape index (κ1) is 71.5. The van der Waals surface area contributed by atoms with Crippen LogP contribution in [0.2, 0.25) is 0 Å². The Labute approximate surface area is 473 Å². The lowest BCUT2D eigenvalue weighted by atomic mass is 9.96. The molecule has 3 heterocycles. The van der Waals surface area contributed by atoms with Gasteiger partial charge in [0.05, 0.1) is 38.6 Å². The second kappa shape index (κ2) is 43.8. The standard InChI is InChI=1S/C60H111NO18/c1-3-5-7-9-11-13-14-15-16-17-18-19-20-21-22-23-24-25-26-27-28-30-31-33-35-37-44(65)43(61-48(66)38-36-34-32-29-12-10-8-6-4-2)42-74-58-54(72)51(69)56(46(40-63)76-58)79-60-55(73)52(70)57(47(41-64)77-60)78-59-53(71)50(68)49(67)45(39-62)75-59/h28,30,35,37,43-47,49-60,62-65,67-73H,3-27,29,31-34,36,38-42H2,1-2H3,(H,61,66)/b30-28+,37-35+. The Bertz CT molecular complexity index is 1540. The Balaban J connectivity index is 1.45. The number of unbranched alkanes of at least 4 members (excludes halogenated alkanes) is 28. The number of amides is 1. The monoisotopic (exact) mass is 1130 g/mol. The quantitative estimate of drug-likeness (QED) is 0.0248. The van der Waals surface area contributed by atoms with E-state index >= 15 is 0 Å². The molecule has 0 aromatic rings. The highest BCUT2D eigenvalue weighted by Crippen LogP contribution is 2.33. The van der Waals surface area contributed by atoms with Crippen molar-refractivity contribution in [3.05, 3.63) is 24.3 Å². The number of ether oxygens (including phenoxy) is 6. The van der Waals surface area contributed by atoms with Crippen molar-refractivity contribution >= 4 is 5.91 Å². The molecule has 0 bridgehead atoms. The van der Waals surface area contributed by atoms with Crippen LogP contribution in [-0.2, 0) is 33.2 Å². The van der Waals surface area contributed by atoms with Gasteiger partial charge in [-0.15, -0.1) is 0 Å². The van der Waals surface area contributed by atoms with Crippen molar-refractivity contribution in [2.45, 2.75) is 324 Å². The maximum absolute atomic E-state index is 13.2. The Morgan fingerprint density at radius 1 is 0.443 bits per heavy atom. The van der Waals surface area contributed by atoms with E-state index in [4.69, 9.17) is 28.4 Å². The van der Waals surface area contributed by atoms with Crippen LogP contribution in [0.15, 0.2) is 24.3 Å². The van der Waals surface area contributed by atoms with E-state index in [-0.39, 0.29) is 18.9 Å². The molecule has 0 saturated carbocycles. The van der Waals surface area contributed by atoms with Gasteiger partial charge in [0.25, 0.3) is 0 Å². The number of aliphatic hydroxyl groups excluding tert-OH is 11. The van der Waals surface area contributed by atoms with Gasteiger partial charge in [-0.05, 0) is 32.1 Å². The minimum atomic E-state index is -1.98. The van der Waals surface area contributed by atoms with Gasteiger partial charge in [0.2, 0.25) is 5.91 Å². The molecular weight excluding hydrogens is 1020 g/mol. The third-order valence-corrected chi connectivity index (χ3v) is 15.8. The molecule has 3 aliphatic rings. The molecule has 17 unspecified atom stereocenters. The largest absolute Gasteiger partial charge is 0.394 e. The molecule has 464 valence electrons. The third kappa shape index (κ3) is 27.7. The van der Waals surface area contributed by atoms with Crippen LogP contribution < -0.4 is 5.32 Å². The van der Waals surface area contributed by atoms with E-state index in [1.165, 1.54) is 148 Å². The summed E-state index contributed by atoms with van der Waals surface area (Å²) in [5.41, 5.74) is 0. The molecule has 1 amide bonds. The summed E-state index contributed by atoms with van der Waals surface area (Å²) in [7, 11) is 0. The molecule has 79 heavy (non-hydrogen) atoms. The van der Waals surface area contributed by atoms with E-state index in [0.29, 0.717) is 12.8 Å². The van der Waals surface area contributed by atoms with Crippen molar-refractivity contribution in [2.75, 3.05) is 26.4 Å². The van der Waals surface area contributed by atoms with Crippen LogP contribution in [-0.4, -0.2) is 193 Å².